The van der Waals surface area contributed by atoms with Gasteiger partial charge in [-0.1, -0.05) is 53.8 Å². The second kappa shape index (κ2) is 16.7. The first-order valence-electron chi connectivity index (χ1n) is 16.8. The summed E-state index contributed by atoms with van der Waals surface area (Å²) in [5.41, 5.74) is 2.61. The summed E-state index contributed by atoms with van der Waals surface area (Å²) in [5, 5.41) is 2.29. The van der Waals surface area contributed by atoms with Crippen LogP contribution in [0.2, 0.25) is 0 Å². The van der Waals surface area contributed by atoms with Gasteiger partial charge in [0.25, 0.3) is 5.56 Å². The fourth-order valence-corrected chi connectivity index (χ4v) is 7.81. The van der Waals surface area contributed by atoms with Gasteiger partial charge >= 0.3 is 11.9 Å². The van der Waals surface area contributed by atoms with Crippen LogP contribution in [0.25, 0.3) is 16.8 Å². The van der Waals surface area contributed by atoms with E-state index in [0.717, 1.165) is 25.5 Å². The zero-order chi connectivity index (χ0) is 37.6. The third-order valence-electron chi connectivity index (χ3n) is 8.42. The van der Waals surface area contributed by atoms with Crippen LogP contribution in [-0.2, 0) is 25.7 Å². The average Bonchev–Trinajstić information content (AvgIpc) is 3.46. The van der Waals surface area contributed by atoms with Crippen molar-refractivity contribution in [1.29, 1.82) is 0 Å². The number of ether oxygens (including phenoxy) is 6. The van der Waals surface area contributed by atoms with E-state index in [4.69, 9.17) is 28.4 Å². The summed E-state index contributed by atoms with van der Waals surface area (Å²) in [7, 11) is 2.85. The van der Waals surface area contributed by atoms with Gasteiger partial charge in [0.15, 0.2) is 34.4 Å². The van der Waals surface area contributed by atoms with Crippen molar-refractivity contribution in [3.8, 4) is 23.0 Å². The van der Waals surface area contributed by atoms with Crippen molar-refractivity contribution in [3.63, 3.8) is 0 Å². The number of nitrogens with zero attached hydrogens (tertiary/aromatic N) is 2. The molecule has 13 heteroatoms. The topological polar surface area (TPSA) is 124 Å². The van der Waals surface area contributed by atoms with Crippen LogP contribution in [0.4, 0.5) is 0 Å². The lowest BCUT2D eigenvalue weighted by Gasteiger charge is -2.25. The predicted molar refractivity (Wildman–Crippen MR) is 210 cm³/mol. The molecule has 1 aliphatic rings. The van der Waals surface area contributed by atoms with Gasteiger partial charge in [-0.2, -0.15) is 0 Å². The Morgan fingerprint density at radius 3 is 2.43 bits per heavy atom. The number of allylic oxidation sites excluding steroid dienone is 1. The molecule has 0 saturated heterocycles. The van der Waals surface area contributed by atoms with E-state index in [2.05, 4.69) is 51.8 Å². The summed E-state index contributed by atoms with van der Waals surface area (Å²) in [5.74, 6) is 0.614. The van der Waals surface area contributed by atoms with Crippen LogP contribution in [0.5, 0.6) is 23.0 Å². The first-order valence-corrected chi connectivity index (χ1v) is 18.7. The Balaban J connectivity index is 1.38. The van der Waals surface area contributed by atoms with Crippen molar-refractivity contribution >= 4 is 62.7 Å². The van der Waals surface area contributed by atoms with Crippen LogP contribution in [0, 0.1) is 3.57 Å². The number of aromatic nitrogens is 1. The largest absolute Gasteiger partial charge is 0.493 e. The summed E-state index contributed by atoms with van der Waals surface area (Å²) >= 11 is 3.42. The highest BCUT2D eigenvalue weighted by atomic mass is 127. The van der Waals surface area contributed by atoms with E-state index in [1.807, 2.05) is 37.3 Å². The second-order valence-electron chi connectivity index (χ2n) is 11.8. The number of carbonyl (C=O) groups is 2. The molecule has 4 aromatic carbocycles. The standard InChI is InChI=1S/C40H37IN2O9S/c1-6-49-31-20-28(14-15-30(31)51-22-34(44)48-5)36-35(39(46)50-7-2)23(3)42-40-43(36)38(45)33(53-40)19-25-17-29(41)37(32(18-25)47-4)52-21-24-12-13-26-10-8-9-11-27(26)16-24/h8-20,36H,6-7,21-22H2,1-5H3/b33-19-/t36-/m1/s1. The highest BCUT2D eigenvalue weighted by Gasteiger charge is 2.34. The highest BCUT2D eigenvalue weighted by Crippen LogP contribution is 2.37. The SMILES string of the molecule is CCOC(=O)C1=C(C)N=c2s/c(=C\c3cc(I)c(OCc4ccc5ccccc5c4)c(OC)c3)c(=O)n2[C@@H]1c1ccc(OCC(=O)OC)c(OCC)c1. The zero-order valence-corrected chi connectivity index (χ0v) is 32.7. The van der Waals surface area contributed by atoms with Crippen molar-refractivity contribution in [2.45, 2.75) is 33.4 Å². The van der Waals surface area contributed by atoms with Gasteiger partial charge in [0.05, 0.1) is 52.8 Å². The molecule has 0 N–H and O–H groups in total. The maximum absolute atomic E-state index is 14.3. The van der Waals surface area contributed by atoms with Crippen LogP contribution >= 0.6 is 33.9 Å². The molecular weight excluding hydrogens is 811 g/mol. The van der Waals surface area contributed by atoms with Gasteiger partial charge in [-0.15, -0.1) is 0 Å². The lowest BCUT2D eigenvalue weighted by Crippen LogP contribution is -2.40. The van der Waals surface area contributed by atoms with Gasteiger partial charge in [-0.05, 0) is 107 Å². The maximum Gasteiger partial charge on any atom is 0.343 e. The molecule has 0 fully saturated rings. The minimum absolute atomic E-state index is 0.139. The monoisotopic (exact) mass is 848 g/mol. The van der Waals surface area contributed by atoms with Crippen LogP contribution in [0.1, 0.15) is 43.5 Å². The van der Waals surface area contributed by atoms with Crippen molar-refractivity contribution in [2.75, 3.05) is 34.0 Å². The predicted octanol–water partition coefficient (Wildman–Crippen LogP) is 6.09. The van der Waals surface area contributed by atoms with Gasteiger partial charge in [0.2, 0.25) is 0 Å². The number of hydrogen-bond acceptors (Lipinski definition) is 11. The fourth-order valence-electron chi connectivity index (χ4n) is 5.98. The number of benzene rings is 4. The molecule has 1 aliphatic heterocycles. The van der Waals surface area contributed by atoms with Gasteiger partial charge in [0, 0.05) is 0 Å². The number of hydrogen-bond donors (Lipinski definition) is 0. The molecule has 0 spiro atoms. The molecule has 5 aromatic rings. The Kier molecular flexibility index (Phi) is 11.8. The van der Waals surface area contributed by atoms with Gasteiger partial charge < -0.3 is 28.4 Å². The summed E-state index contributed by atoms with van der Waals surface area (Å²) in [4.78, 5) is 44.6. The van der Waals surface area contributed by atoms with Crippen molar-refractivity contribution < 1.29 is 38.0 Å². The number of methoxy groups -OCH3 is 2. The fraction of sp³-hybridized carbons (Fsp3) is 0.250. The van der Waals surface area contributed by atoms with Gasteiger partial charge in [-0.3, -0.25) is 9.36 Å². The van der Waals surface area contributed by atoms with Gasteiger partial charge in [-0.25, -0.2) is 14.6 Å². The third-order valence-corrected chi connectivity index (χ3v) is 10.2. The van der Waals surface area contributed by atoms with Gasteiger partial charge in [0.1, 0.15) is 6.61 Å². The zero-order valence-electron chi connectivity index (χ0n) is 29.8. The highest BCUT2D eigenvalue weighted by molar-refractivity contribution is 14.1. The normalized spacial score (nSPS) is 14.0. The van der Waals surface area contributed by atoms with Crippen molar-refractivity contribution in [2.24, 2.45) is 4.99 Å². The lowest BCUT2D eigenvalue weighted by molar-refractivity contribution is -0.143. The molecule has 53 heavy (non-hydrogen) atoms. The van der Waals surface area contributed by atoms with Crippen LogP contribution in [0.3, 0.4) is 0 Å². The average molecular weight is 849 g/mol. The van der Waals surface area contributed by atoms with E-state index in [1.165, 1.54) is 23.0 Å². The van der Waals surface area contributed by atoms with E-state index in [1.54, 1.807) is 45.2 Å². The minimum Gasteiger partial charge on any atom is -0.493 e. The molecule has 274 valence electrons. The van der Waals surface area contributed by atoms with E-state index in [-0.39, 0.29) is 24.3 Å². The number of fused-ring (bicyclic) bond motifs is 2. The maximum atomic E-state index is 14.3. The quantitative estimate of drug-likeness (QED) is 0.102. The summed E-state index contributed by atoms with van der Waals surface area (Å²) in [6.07, 6.45) is 1.78. The Morgan fingerprint density at radius 1 is 0.906 bits per heavy atom. The molecule has 0 amide bonds. The number of rotatable bonds is 13. The minimum atomic E-state index is -0.887. The summed E-state index contributed by atoms with van der Waals surface area (Å²) in [6, 6.07) is 22.3. The molecule has 2 heterocycles. The summed E-state index contributed by atoms with van der Waals surface area (Å²) < 4.78 is 36.4. The van der Waals surface area contributed by atoms with Crippen LogP contribution < -0.4 is 33.8 Å². The smallest absolute Gasteiger partial charge is 0.343 e. The molecule has 0 radical (unpaired) electrons. The van der Waals surface area contributed by atoms with Crippen LogP contribution in [0.15, 0.2) is 93.9 Å². The molecule has 1 aromatic heterocycles. The first-order chi connectivity index (χ1) is 25.6. The van der Waals surface area contributed by atoms with Crippen molar-refractivity contribution in [1.82, 2.24) is 4.57 Å². The number of thiazole rings is 1. The van der Waals surface area contributed by atoms with E-state index in [0.29, 0.717) is 56.8 Å². The summed E-state index contributed by atoms with van der Waals surface area (Å²) in [6.45, 7) is 5.72. The third kappa shape index (κ3) is 8.10. The lowest BCUT2D eigenvalue weighted by atomic mass is 9.95. The molecule has 6 rings (SSSR count). The second-order valence-corrected chi connectivity index (χ2v) is 14.0. The van der Waals surface area contributed by atoms with Crippen LogP contribution in [-0.4, -0.2) is 50.5 Å². The van der Waals surface area contributed by atoms with E-state index in [9.17, 15) is 14.4 Å². The Bertz CT molecular complexity index is 2420. The molecule has 0 bridgehead atoms. The number of esters is 2. The van der Waals surface area contributed by atoms with E-state index >= 15 is 0 Å². The Labute approximate surface area is 323 Å². The molecule has 11 nitrogen and oxygen atoms in total. The van der Waals surface area contributed by atoms with E-state index < -0.39 is 18.0 Å². The molecule has 1 atom stereocenters. The Morgan fingerprint density at radius 2 is 1.70 bits per heavy atom. The number of carbonyl (C=O) groups excluding carboxylic acids is 2. The molecular formula is C40H37IN2O9S. The first kappa shape index (κ1) is 37.6. The number of halogens is 1. The molecule has 0 unspecified atom stereocenters. The molecule has 0 saturated carbocycles. The van der Waals surface area contributed by atoms with Crippen molar-refractivity contribution in [3.05, 3.63) is 124 Å². The Hall–Kier alpha value is -5.15. The molecule has 0 aliphatic carbocycles.